The van der Waals surface area contributed by atoms with Crippen molar-refractivity contribution in [2.24, 2.45) is 7.05 Å². The Balaban J connectivity index is 1.66. The average molecular weight is 575 g/mol. The molecule has 2 heterocycles. The van der Waals surface area contributed by atoms with Gasteiger partial charge < -0.3 is 4.57 Å². The number of aromatic nitrogens is 3. The molecule has 0 aliphatic carbocycles. The van der Waals surface area contributed by atoms with Crippen LogP contribution in [0.4, 0.5) is 0 Å². The number of aryl methyl sites for hydroxylation is 2. The van der Waals surface area contributed by atoms with E-state index in [2.05, 4.69) is 177 Å². The number of para-hydroxylation sites is 4. The Morgan fingerprint density at radius 2 is 1.11 bits per heavy atom. The summed E-state index contributed by atoms with van der Waals surface area (Å²) in [7, 11) is 2.21. The maximum atomic E-state index is 2.58. The Morgan fingerprint density at radius 3 is 1.75 bits per heavy atom. The first-order valence-electron chi connectivity index (χ1n) is 15.8. The minimum absolute atomic E-state index is 0.328. The van der Waals surface area contributed by atoms with E-state index in [1.54, 1.807) is 0 Å². The minimum atomic E-state index is 0.328. The molecule has 0 saturated carbocycles. The van der Waals surface area contributed by atoms with E-state index < -0.39 is 0 Å². The number of benzene rings is 5. The second-order valence-corrected chi connectivity index (χ2v) is 12.5. The van der Waals surface area contributed by atoms with Crippen LogP contribution in [0.3, 0.4) is 0 Å². The monoisotopic (exact) mass is 574 g/mol. The van der Waals surface area contributed by atoms with Gasteiger partial charge in [0.25, 0.3) is 0 Å². The van der Waals surface area contributed by atoms with Crippen molar-refractivity contribution in [3.8, 4) is 34.0 Å². The first-order valence-corrected chi connectivity index (χ1v) is 15.8. The van der Waals surface area contributed by atoms with Gasteiger partial charge in [-0.3, -0.25) is 0 Å². The van der Waals surface area contributed by atoms with Gasteiger partial charge >= 0.3 is 5.82 Å². The van der Waals surface area contributed by atoms with Crippen LogP contribution >= 0.6 is 0 Å². The molecule has 0 N–H and O–H groups in total. The molecule has 0 bridgehead atoms. The first kappa shape index (κ1) is 27.9. The Hall–Kier alpha value is -4.89. The number of rotatable bonds is 6. The van der Waals surface area contributed by atoms with Crippen LogP contribution in [-0.2, 0) is 7.05 Å². The zero-order chi connectivity index (χ0) is 30.5. The Morgan fingerprint density at radius 1 is 0.568 bits per heavy atom. The predicted molar refractivity (Wildman–Crippen MR) is 185 cm³/mol. The van der Waals surface area contributed by atoms with E-state index >= 15 is 0 Å². The largest absolute Gasteiger partial charge is 0.312 e. The van der Waals surface area contributed by atoms with Crippen molar-refractivity contribution in [3.63, 3.8) is 0 Å². The summed E-state index contributed by atoms with van der Waals surface area (Å²) >= 11 is 0. The van der Waals surface area contributed by atoms with E-state index in [9.17, 15) is 0 Å². The molecule has 7 aromatic rings. The molecule has 3 heteroatoms. The molecule has 2 aromatic heterocycles. The molecule has 44 heavy (non-hydrogen) atoms. The molecule has 0 aliphatic rings. The maximum absolute atomic E-state index is 2.58. The van der Waals surface area contributed by atoms with Crippen molar-refractivity contribution in [3.05, 3.63) is 138 Å². The molecule has 218 valence electrons. The summed E-state index contributed by atoms with van der Waals surface area (Å²) in [6.07, 6.45) is 0. The topological polar surface area (TPSA) is 13.7 Å². The lowest BCUT2D eigenvalue weighted by Crippen LogP contribution is -2.31. The van der Waals surface area contributed by atoms with Crippen LogP contribution in [0.1, 0.15) is 56.2 Å². The molecule has 0 atom stereocenters. The summed E-state index contributed by atoms with van der Waals surface area (Å²) in [6.45, 7) is 11.6. The number of hydrogen-bond acceptors (Lipinski definition) is 0. The molecule has 0 radical (unpaired) electrons. The van der Waals surface area contributed by atoms with Crippen LogP contribution in [0.2, 0.25) is 0 Å². The predicted octanol–water partition coefficient (Wildman–Crippen LogP) is 10.3. The standard InChI is InChI=1S/C41H40N3/c1-27(2)34-25-31(30-17-9-7-10-18-30)26-35(28(3)4)40(34)44-36-22-14-13-21-33(36)29(5)39(44)41-42(6)37-23-15-16-24-38(37)43(41)32-19-11-8-12-20-32/h7-28H,1-6H3/q+1. The highest BCUT2D eigenvalue weighted by Crippen LogP contribution is 2.43. The number of nitrogens with zero attached hydrogens (tertiary/aromatic N) is 3. The quantitative estimate of drug-likeness (QED) is 0.175. The summed E-state index contributed by atoms with van der Waals surface area (Å²) in [5.41, 5.74) is 13.9. The van der Waals surface area contributed by atoms with Crippen molar-refractivity contribution < 1.29 is 4.57 Å². The van der Waals surface area contributed by atoms with E-state index in [1.807, 2.05) is 0 Å². The average Bonchev–Trinajstić information content (AvgIpc) is 3.51. The first-order chi connectivity index (χ1) is 21.4. The van der Waals surface area contributed by atoms with E-state index in [-0.39, 0.29) is 0 Å². The van der Waals surface area contributed by atoms with E-state index in [1.165, 1.54) is 67.0 Å². The highest BCUT2D eigenvalue weighted by Gasteiger charge is 2.33. The molecule has 3 nitrogen and oxygen atoms in total. The summed E-state index contributed by atoms with van der Waals surface area (Å²) in [5, 5.41) is 1.28. The van der Waals surface area contributed by atoms with Crippen LogP contribution < -0.4 is 4.57 Å². The van der Waals surface area contributed by atoms with Gasteiger partial charge in [-0.25, -0.2) is 4.57 Å². The molecular weight excluding hydrogens is 534 g/mol. The van der Waals surface area contributed by atoms with E-state index in [0.717, 1.165) is 5.69 Å². The third-order valence-electron chi connectivity index (χ3n) is 9.11. The molecule has 7 rings (SSSR count). The van der Waals surface area contributed by atoms with Gasteiger partial charge in [0.1, 0.15) is 11.4 Å². The Kier molecular flexibility index (Phi) is 6.97. The fourth-order valence-electron chi connectivity index (χ4n) is 6.94. The zero-order valence-electron chi connectivity index (χ0n) is 26.5. The van der Waals surface area contributed by atoms with Gasteiger partial charge in [-0.15, -0.1) is 0 Å². The number of imidazole rings is 1. The van der Waals surface area contributed by atoms with Crippen LogP contribution in [0.5, 0.6) is 0 Å². The highest BCUT2D eigenvalue weighted by atomic mass is 15.2. The van der Waals surface area contributed by atoms with Gasteiger partial charge in [0.2, 0.25) is 0 Å². The third kappa shape index (κ3) is 4.38. The molecule has 0 amide bonds. The summed E-state index contributed by atoms with van der Waals surface area (Å²) in [4.78, 5) is 0. The van der Waals surface area contributed by atoms with Crippen molar-refractivity contribution in [1.82, 2.24) is 9.13 Å². The van der Waals surface area contributed by atoms with Crippen LogP contribution in [0.25, 0.3) is 56.0 Å². The normalized spacial score (nSPS) is 11.8. The molecular formula is C41H40N3+. The van der Waals surface area contributed by atoms with E-state index in [0.29, 0.717) is 11.8 Å². The minimum Gasteiger partial charge on any atom is -0.302 e. The van der Waals surface area contributed by atoms with Gasteiger partial charge in [-0.2, -0.15) is 4.57 Å². The fourth-order valence-corrected chi connectivity index (χ4v) is 6.94. The van der Waals surface area contributed by atoms with Gasteiger partial charge in [0.05, 0.1) is 18.3 Å². The Bertz CT molecular complexity index is 2100. The fraction of sp³-hybridized carbons (Fsp3) is 0.195. The smallest absolute Gasteiger partial charge is 0.302 e. The molecule has 0 spiro atoms. The van der Waals surface area contributed by atoms with Crippen molar-refractivity contribution in [1.29, 1.82) is 0 Å². The van der Waals surface area contributed by atoms with Crippen molar-refractivity contribution in [2.75, 3.05) is 0 Å². The molecule has 0 aliphatic heterocycles. The number of fused-ring (bicyclic) bond motifs is 2. The zero-order valence-corrected chi connectivity index (χ0v) is 26.5. The van der Waals surface area contributed by atoms with Gasteiger partial charge in [0, 0.05) is 5.39 Å². The summed E-state index contributed by atoms with van der Waals surface area (Å²) in [5.74, 6) is 1.83. The molecule has 5 aromatic carbocycles. The van der Waals surface area contributed by atoms with Gasteiger partial charge in [-0.05, 0) is 89.0 Å². The van der Waals surface area contributed by atoms with Crippen LogP contribution in [0, 0.1) is 6.92 Å². The third-order valence-corrected chi connectivity index (χ3v) is 9.11. The highest BCUT2D eigenvalue weighted by molar-refractivity contribution is 5.94. The lowest BCUT2D eigenvalue weighted by molar-refractivity contribution is -0.634. The SMILES string of the molecule is Cc1c(-c2n(-c3ccccc3)c3ccccc3[n+]2C)n(-c2c(C(C)C)cc(-c3ccccc3)cc2C(C)C)c2ccccc12. The van der Waals surface area contributed by atoms with E-state index in [4.69, 9.17) is 0 Å². The Labute approximate surface area is 260 Å². The summed E-state index contributed by atoms with van der Waals surface area (Å²) in [6, 6.07) is 44.1. The lowest BCUT2D eigenvalue weighted by atomic mass is 9.88. The summed E-state index contributed by atoms with van der Waals surface area (Å²) < 4.78 is 7.40. The van der Waals surface area contributed by atoms with Crippen molar-refractivity contribution >= 4 is 21.9 Å². The second kappa shape index (κ2) is 11.0. The maximum Gasteiger partial charge on any atom is 0.312 e. The van der Waals surface area contributed by atoms with Crippen LogP contribution in [0.15, 0.2) is 121 Å². The van der Waals surface area contributed by atoms with Crippen molar-refractivity contribution in [2.45, 2.75) is 46.5 Å². The lowest BCUT2D eigenvalue weighted by Gasteiger charge is -2.24. The van der Waals surface area contributed by atoms with Crippen LogP contribution in [-0.4, -0.2) is 9.13 Å². The molecule has 0 saturated heterocycles. The second-order valence-electron chi connectivity index (χ2n) is 12.5. The molecule has 0 fully saturated rings. The van der Waals surface area contributed by atoms with Gasteiger partial charge in [-0.1, -0.05) is 107 Å². The molecule has 0 unspecified atom stereocenters. The van der Waals surface area contributed by atoms with Gasteiger partial charge in [0.15, 0.2) is 11.0 Å². The number of hydrogen-bond donors (Lipinski definition) is 0.